The third-order valence-corrected chi connectivity index (χ3v) is 5.27. The van der Waals surface area contributed by atoms with Crippen molar-refractivity contribution in [3.8, 4) is 0 Å². The number of aromatic nitrogens is 1. The summed E-state index contributed by atoms with van der Waals surface area (Å²) in [6.07, 6.45) is 5.32. The van der Waals surface area contributed by atoms with Crippen molar-refractivity contribution in [3.63, 3.8) is 0 Å². The van der Waals surface area contributed by atoms with Crippen molar-refractivity contribution in [1.82, 2.24) is 10.3 Å². The smallest absolute Gasteiger partial charge is 0.254 e. The molecule has 0 aliphatic carbocycles. The maximum atomic E-state index is 14.2. The Labute approximate surface area is 163 Å². The number of amides is 2. The van der Waals surface area contributed by atoms with Gasteiger partial charge in [-0.3, -0.25) is 9.59 Å². The van der Waals surface area contributed by atoms with E-state index in [1.54, 1.807) is 17.2 Å². The first-order chi connectivity index (χ1) is 13.6. The molecule has 2 amide bonds. The molecule has 6 nitrogen and oxygen atoms in total. The second kappa shape index (κ2) is 7.96. The highest BCUT2D eigenvalue weighted by Gasteiger charge is 2.23. The van der Waals surface area contributed by atoms with Crippen LogP contribution in [0.2, 0.25) is 0 Å². The average molecular weight is 382 g/mol. The summed E-state index contributed by atoms with van der Waals surface area (Å²) in [6, 6.07) is 8.04. The molecule has 2 aliphatic rings. The quantitative estimate of drug-likeness (QED) is 0.864. The standard InChI is InChI=1S/C21H23FN4O2/c22-18-6-5-16(26-11-3-4-20(26)27)13-17(18)21(28)24-14-15-7-8-23-19(12-15)25-9-1-2-10-25/h5-8,12-13H,1-4,9-11,14H2,(H,24,28). The molecule has 2 saturated heterocycles. The Bertz CT molecular complexity index is 896. The molecule has 146 valence electrons. The number of nitrogens with one attached hydrogen (secondary N) is 1. The molecule has 0 bridgehead atoms. The van der Waals surface area contributed by atoms with Gasteiger partial charge in [0.15, 0.2) is 0 Å². The van der Waals surface area contributed by atoms with Crippen LogP contribution in [0, 0.1) is 5.82 Å². The summed E-state index contributed by atoms with van der Waals surface area (Å²) in [4.78, 5) is 32.7. The SMILES string of the molecule is O=C(NCc1ccnc(N2CCCC2)c1)c1cc(N2CCCC2=O)ccc1F. The summed E-state index contributed by atoms with van der Waals surface area (Å²) in [5, 5.41) is 2.77. The van der Waals surface area contributed by atoms with Crippen molar-refractivity contribution in [2.75, 3.05) is 29.4 Å². The Balaban J connectivity index is 1.45. The van der Waals surface area contributed by atoms with Gasteiger partial charge in [-0.2, -0.15) is 0 Å². The van der Waals surface area contributed by atoms with Crippen LogP contribution in [0.5, 0.6) is 0 Å². The van der Waals surface area contributed by atoms with Gasteiger partial charge in [0, 0.05) is 44.5 Å². The van der Waals surface area contributed by atoms with E-state index in [4.69, 9.17) is 0 Å². The normalized spacial score (nSPS) is 16.7. The molecule has 28 heavy (non-hydrogen) atoms. The highest BCUT2D eigenvalue weighted by molar-refractivity contribution is 5.99. The lowest BCUT2D eigenvalue weighted by atomic mass is 10.1. The lowest BCUT2D eigenvalue weighted by Gasteiger charge is -2.18. The number of carbonyl (C=O) groups excluding carboxylic acids is 2. The van der Waals surface area contributed by atoms with Gasteiger partial charge in [-0.05, 0) is 55.2 Å². The number of hydrogen-bond donors (Lipinski definition) is 1. The predicted molar refractivity (Wildman–Crippen MR) is 105 cm³/mol. The van der Waals surface area contributed by atoms with Gasteiger partial charge in [0.05, 0.1) is 5.56 Å². The first-order valence-electron chi connectivity index (χ1n) is 9.70. The number of halogens is 1. The molecule has 1 aromatic heterocycles. The second-order valence-electron chi connectivity index (χ2n) is 7.21. The van der Waals surface area contributed by atoms with E-state index in [1.165, 1.54) is 12.1 Å². The fraction of sp³-hybridized carbons (Fsp3) is 0.381. The Morgan fingerprint density at radius 1 is 1.11 bits per heavy atom. The van der Waals surface area contributed by atoms with Crippen molar-refractivity contribution in [2.45, 2.75) is 32.2 Å². The summed E-state index contributed by atoms with van der Waals surface area (Å²) >= 11 is 0. The Hall–Kier alpha value is -2.96. The van der Waals surface area contributed by atoms with Crippen LogP contribution in [0.3, 0.4) is 0 Å². The molecule has 0 spiro atoms. The van der Waals surface area contributed by atoms with Gasteiger partial charge < -0.3 is 15.1 Å². The summed E-state index contributed by atoms with van der Waals surface area (Å²) in [5.74, 6) is -0.180. The van der Waals surface area contributed by atoms with Crippen LogP contribution in [0.1, 0.15) is 41.6 Å². The number of hydrogen-bond acceptors (Lipinski definition) is 4. The van der Waals surface area contributed by atoms with Gasteiger partial charge >= 0.3 is 0 Å². The lowest BCUT2D eigenvalue weighted by molar-refractivity contribution is -0.117. The Morgan fingerprint density at radius 3 is 2.68 bits per heavy atom. The van der Waals surface area contributed by atoms with E-state index in [2.05, 4.69) is 15.2 Å². The molecule has 2 aliphatic heterocycles. The molecule has 3 heterocycles. The summed E-state index contributed by atoms with van der Waals surface area (Å²) in [6.45, 7) is 2.88. The molecule has 2 fully saturated rings. The maximum Gasteiger partial charge on any atom is 0.254 e. The van der Waals surface area contributed by atoms with E-state index in [0.29, 0.717) is 18.7 Å². The van der Waals surface area contributed by atoms with Crippen molar-refractivity contribution < 1.29 is 14.0 Å². The third-order valence-electron chi connectivity index (χ3n) is 5.27. The maximum absolute atomic E-state index is 14.2. The molecule has 4 rings (SSSR count). The van der Waals surface area contributed by atoms with Crippen molar-refractivity contribution in [1.29, 1.82) is 0 Å². The summed E-state index contributed by atoms with van der Waals surface area (Å²) in [7, 11) is 0. The number of pyridine rings is 1. The Kier molecular flexibility index (Phi) is 5.23. The van der Waals surface area contributed by atoms with Crippen LogP contribution in [-0.2, 0) is 11.3 Å². The molecule has 0 unspecified atom stereocenters. The van der Waals surface area contributed by atoms with E-state index >= 15 is 0 Å². The van der Waals surface area contributed by atoms with Crippen molar-refractivity contribution in [2.24, 2.45) is 0 Å². The highest BCUT2D eigenvalue weighted by atomic mass is 19.1. The van der Waals surface area contributed by atoms with Crippen LogP contribution in [0.4, 0.5) is 15.9 Å². The molecule has 0 saturated carbocycles. The van der Waals surface area contributed by atoms with Crippen LogP contribution < -0.4 is 15.1 Å². The largest absolute Gasteiger partial charge is 0.357 e. The minimum absolute atomic E-state index is 0.00388. The zero-order valence-corrected chi connectivity index (χ0v) is 15.7. The number of anilines is 2. The molecular formula is C21H23FN4O2. The van der Waals surface area contributed by atoms with Gasteiger partial charge in [-0.1, -0.05) is 0 Å². The molecule has 2 aromatic rings. The van der Waals surface area contributed by atoms with Crippen molar-refractivity contribution >= 4 is 23.3 Å². The lowest BCUT2D eigenvalue weighted by Crippen LogP contribution is -2.27. The van der Waals surface area contributed by atoms with E-state index in [9.17, 15) is 14.0 Å². The van der Waals surface area contributed by atoms with Gasteiger partial charge in [0.2, 0.25) is 5.91 Å². The number of rotatable bonds is 5. The first-order valence-corrected chi connectivity index (χ1v) is 9.70. The molecular weight excluding hydrogens is 359 g/mol. The fourth-order valence-electron chi connectivity index (χ4n) is 3.74. The zero-order chi connectivity index (χ0) is 19.5. The predicted octanol–water partition coefficient (Wildman–Crippen LogP) is 2.88. The van der Waals surface area contributed by atoms with Crippen molar-refractivity contribution in [3.05, 3.63) is 53.5 Å². The topological polar surface area (TPSA) is 65.5 Å². The molecule has 1 N–H and O–H groups in total. The van der Waals surface area contributed by atoms with E-state index in [1.807, 2.05) is 12.1 Å². The van der Waals surface area contributed by atoms with Crippen LogP contribution in [0.25, 0.3) is 0 Å². The Morgan fingerprint density at radius 2 is 1.93 bits per heavy atom. The summed E-state index contributed by atoms with van der Waals surface area (Å²) in [5.41, 5.74) is 1.43. The fourth-order valence-corrected chi connectivity index (χ4v) is 3.74. The average Bonchev–Trinajstić information content (AvgIpc) is 3.39. The minimum atomic E-state index is -0.597. The van der Waals surface area contributed by atoms with Crippen LogP contribution in [0.15, 0.2) is 36.5 Å². The van der Waals surface area contributed by atoms with Gasteiger partial charge in [0.1, 0.15) is 11.6 Å². The van der Waals surface area contributed by atoms with Crippen LogP contribution in [-0.4, -0.2) is 36.4 Å². The molecule has 1 aromatic carbocycles. The molecule has 0 atom stereocenters. The minimum Gasteiger partial charge on any atom is -0.357 e. The number of carbonyl (C=O) groups is 2. The third kappa shape index (κ3) is 3.83. The van der Waals surface area contributed by atoms with E-state index in [-0.39, 0.29) is 18.0 Å². The van der Waals surface area contributed by atoms with Gasteiger partial charge in [0.25, 0.3) is 5.91 Å². The first kappa shape index (κ1) is 18.4. The monoisotopic (exact) mass is 382 g/mol. The highest BCUT2D eigenvalue weighted by Crippen LogP contribution is 2.24. The van der Waals surface area contributed by atoms with E-state index in [0.717, 1.165) is 43.7 Å². The van der Waals surface area contributed by atoms with Gasteiger partial charge in [-0.25, -0.2) is 9.37 Å². The number of nitrogens with zero attached hydrogens (tertiary/aromatic N) is 3. The van der Waals surface area contributed by atoms with Crippen LogP contribution >= 0.6 is 0 Å². The molecule has 7 heteroatoms. The molecule has 0 radical (unpaired) electrons. The number of benzene rings is 1. The summed E-state index contributed by atoms with van der Waals surface area (Å²) < 4.78 is 14.2. The van der Waals surface area contributed by atoms with Gasteiger partial charge in [-0.15, -0.1) is 0 Å². The van der Waals surface area contributed by atoms with E-state index < -0.39 is 11.7 Å². The zero-order valence-electron chi connectivity index (χ0n) is 15.7. The second-order valence-corrected chi connectivity index (χ2v) is 7.21.